The van der Waals surface area contributed by atoms with Crippen molar-refractivity contribution in [1.29, 1.82) is 0 Å². The van der Waals surface area contributed by atoms with Gasteiger partial charge in [-0.3, -0.25) is 24.3 Å². The van der Waals surface area contributed by atoms with Gasteiger partial charge in [0.05, 0.1) is 23.2 Å². The van der Waals surface area contributed by atoms with Crippen molar-refractivity contribution in [1.82, 2.24) is 9.55 Å². The second kappa shape index (κ2) is 8.75. The molecule has 1 aromatic carbocycles. The number of ether oxygens (including phenoxy) is 1. The Balaban J connectivity index is 1.90. The molecule has 146 valence electrons. The highest BCUT2D eigenvalue weighted by molar-refractivity contribution is 7.17. The number of nitro benzene ring substituents is 1. The van der Waals surface area contributed by atoms with E-state index in [1.807, 2.05) is 0 Å². The maximum absolute atomic E-state index is 12.9. The summed E-state index contributed by atoms with van der Waals surface area (Å²) < 4.78 is 6.36. The van der Waals surface area contributed by atoms with Gasteiger partial charge in [0.1, 0.15) is 11.4 Å². The summed E-state index contributed by atoms with van der Waals surface area (Å²) in [4.78, 5) is 40.2. The molecule has 2 aromatic heterocycles. The number of unbranched alkanes of at least 4 members (excludes halogenated alkanes) is 2. The maximum atomic E-state index is 12.9. The summed E-state index contributed by atoms with van der Waals surface area (Å²) in [6.45, 7) is 2.16. The minimum atomic E-state index is -0.494. The molecule has 0 spiro atoms. The van der Waals surface area contributed by atoms with Gasteiger partial charge in [-0.1, -0.05) is 31.9 Å². The van der Waals surface area contributed by atoms with Gasteiger partial charge in [-0.15, -0.1) is 11.3 Å². The molecule has 0 aliphatic heterocycles. The molecule has 0 bridgehead atoms. The van der Waals surface area contributed by atoms with Crippen LogP contribution in [-0.2, 0) is 16.1 Å². The van der Waals surface area contributed by atoms with E-state index in [4.69, 9.17) is 4.74 Å². The zero-order valence-corrected chi connectivity index (χ0v) is 16.1. The number of aromatic nitrogens is 2. The number of benzene rings is 1. The van der Waals surface area contributed by atoms with Crippen LogP contribution in [0.3, 0.4) is 0 Å². The van der Waals surface area contributed by atoms with Crippen molar-refractivity contribution in [3.8, 4) is 11.1 Å². The Morgan fingerprint density at radius 2 is 2.18 bits per heavy atom. The zero-order chi connectivity index (χ0) is 20.1. The maximum Gasteiger partial charge on any atom is 0.326 e. The van der Waals surface area contributed by atoms with Crippen LogP contribution in [0, 0.1) is 10.1 Å². The number of hydrogen-bond donors (Lipinski definition) is 0. The largest absolute Gasteiger partial charge is 0.464 e. The number of non-ortho nitro benzene ring substituents is 1. The van der Waals surface area contributed by atoms with Crippen LogP contribution in [0.2, 0.25) is 0 Å². The summed E-state index contributed by atoms with van der Waals surface area (Å²) in [5.74, 6) is -0.494. The first-order chi connectivity index (χ1) is 13.5. The van der Waals surface area contributed by atoms with E-state index >= 15 is 0 Å². The van der Waals surface area contributed by atoms with Gasteiger partial charge < -0.3 is 4.74 Å². The van der Waals surface area contributed by atoms with Gasteiger partial charge in [0.2, 0.25) is 0 Å². The highest BCUT2D eigenvalue weighted by atomic mass is 32.1. The van der Waals surface area contributed by atoms with Crippen LogP contribution in [0.4, 0.5) is 5.69 Å². The Labute approximate surface area is 164 Å². The number of nitrogens with zero attached hydrogens (tertiary/aromatic N) is 3. The quantitative estimate of drug-likeness (QED) is 0.246. The lowest BCUT2D eigenvalue weighted by Gasteiger charge is -2.07. The summed E-state index contributed by atoms with van der Waals surface area (Å²) in [5, 5.41) is 13.1. The molecule has 28 heavy (non-hydrogen) atoms. The molecule has 0 amide bonds. The van der Waals surface area contributed by atoms with Crippen LogP contribution >= 0.6 is 11.3 Å². The van der Waals surface area contributed by atoms with Crippen LogP contribution in [0.1, 0.15) is 26.2 Å². The highest BCUT2D eigenvalue weighted by Crippen LogP contribution is 2.32. The molecular formula is C19H19N3O5S. The van der Waals surface area contributed by atoms with Gasteiger partial charge in [0, 0.05) is 23.1 Å². The van der Waals surface area contributed by atoms with Crippen molar-refractivity contribution in [3.05, 3.63) is 56.4 Å². The fraction of sp³-hybridized carbons (Fsp3) is 0.316. The van der Waals surface area contributed by atoms with Gasteiger partial charge in [-0.25, -0.2) is 4.98 Å². The third kappa shape index (κ3) is 4.25. The van der Waals surface area contributed by atoms with Crippen LogP contribution in [0.5, 0.6) is 0 Å². The lowest BCUT2D eigenvalue weighted by atomic mass is 10.1. The van der Waals surface area contributed by atoms with E-state index in [9.17, 15) is 19.7 Å². The van der Waals surface area contributed by atoms with E-state index in [1.54, 1.807) is 17.5 Å². The molecule has 0 unspecified atom stereocenters. The van der Waals surface area contributed by atoms with Gasteiger partial charge in [0.15, 0.2) is 0 Å². The normalized spacial score (nSPS) is 10.9. The number of esters is 1. The number of fused-ring (bicyclic) bond motifs is 1. The predicted octanol–water partition coefficient (Wildman–Crippen LogP) is 3.77. The molecule has 0 fully saturated rings. The number of carbonyl (C=O) groups excluding carboxylic acids is 1. The van der Waals surface area contributed by atoms with Crippen LogP contribution < -0.4 is 5.56 Å². The van der Waals surface area contributed by atoms with Gasteiger partial charge in [0.25, 0.3) is 11.2 Å². The minimum absolute atomic E-state index is 0.0586. The SMILES string of the molecule is CCCCCOC(=O)Cn1cnc2scc(-c3cccc([N+](=O)[O-])c3)c2c1=O. The highest BCUT2D eigenvalue weighted by Gasteiger charge is 2.16. The first kappa shape index (κ1) is 19.7. The molecule has 0 atom stereocenters. The first-order valence-electron chi connectivity index (χ1n) is 8.88. The van der Waals surface area contributed by atoms with Crippen molar-refractivity contribution in [3.63, 3.8) is 0 Å². The summed E-state index contributed by atoms with van der Waals surface area (Å²) in [6, 6.07) is 6.08. The average Bonchev–Trinajstić information content (AvgIpc) is 3.12. The summed E-state index contributed by atoms with van der Waals surface area (Å²) >= 11 is 1.27. The lowest BCUT2D eigenvalue weighted by molar-refractivity contribution is -0.384. The zero-order valence-electron chi connectivity index (χ0n) is 15.3. The second-order valence-corrected chi connectivity index (χ2v) is 7.10. The van der Waals surface area contributed by atoms with Gasteiger partial charge in [-0.05, 0) is 12.0 Å². The number of rotatable bonds is 8. The van der Waals surface area contributed by atoms with Gasteiger partial charge >= 0.3 is 5.97 Å². The second-order valence-electron chi connectivity index (χ2n) is 6.24. The van der Waals surface area contributed by atoms with E-state index in [0.29, 0.717) is 28.0 Å². The van der Waals surface area contributed by atoms with Crippen molar-refractivity contribution < 1.29 is 14.5 Å². The molecule has 0 radical (unpaired) electrons. The Kier molecular flexibility index (Phi) is 6.15. The molecule has 9 heteroatoms. The number of hydrogen-bond acceptors (Lipinski definition) is 7. The minimum Gasteiger partial charge on any atom is -0.464 e. The van der Waals surface area contributed by atoms with Crippen molar-refractivity contribution in [2.75, 3.05) is 6.61 Å². The standard InChI is InChI=1S/C19H19N3O5S/c1-2-3-4-8-27-16(23)10-21-12-20-18-17(19(21)24)15(11-28-18)13-6-5-7-14(9-13)22(25)26/h5-7,9,11-12H,2-4,8,10H2,1H3. The van der Waals surface area contributed by atoms with Crippen LogP contribution in [0.15, 0.2) is 40.8 Å². The van der Waals surface area contributed by atoms with Gasteiger partial charge in [-0.2, -0.15) is 0 Å². The Morgan fingerprint density at radius 3 is 2.93 bits per heavy atom. The fourth-order valence-corrected chi connectivity index (χ4v) is 3.71. The molecule has 0 N–H and O–H groups in total. The first-order valence-corrected chi connectivity index (χ1v) is 9.76. The topological polar surface area (TPSA) is 104 Å². The lowest BCUT2D eigenvalue weighted by Crippen LogP contribution is -2.25. The molecule has 2 heterocycles. The Hall–Kier alpha value is -3.07. The number of nitro groups is 1. The molecule has 0 saturated carbocycles. The van der Waals surface area contributed by atoms with Crippen LogP contribution in [-0.4, -0.2) is 27.1 Å². The van der Waals surface area contributed by atoms with Crippen molar-refractivity contribution in [2.24, 2.45) is 0 Å². The smallest absolute Gasteiger partial charge is 0.326 e. The number of carbonyl (C=O) groups is 1. The molecule has 0 saturated heterocycles. The Bertz CT molecular complexity index is 1070. The average molecular weight is 401 g/mol. The van der Waals surface area contributed by atoms with Crippen LogP contribution in [0.25, 0.3) is 21.3 Å². The Morgan fingerprint density at radius 1 is 1.36 bits per heavy atom. The molecule has 0 aliphatic carbocycles. The van der Waals surface area contributed by atoms with E-state index in [-0.39, 0.29) is 17.8 Å². The van der Waals surface area contributed by atoms with E-state index in [0.717, 1.165) is 19.3 Å². The third-order valence-corrected chi connectivity index (χ3v) is 5.13. The fourth-order valence-electron chi connectivity index (χ4n) is 2.80. The summed E-state index contributed by atoms with van der Waals surface area (Å²) in [6.07, 6.45) is 4.11. The molecule has 3 rings (SSSR count). The van der Waals surface area contributed by atoms with Crippen molar-refractivity contribution >= 4 is 33.2 Å². The predicted molar refractivity (Wildman–Crippen MR) is 106 cm³/mol. The third-order valence-electron chi connectivity index (χ3n) is 4.24. The van der Waals surface area contributed by atoms with Crippen molar-refractivity contribution in [2.45, 2.75) is 32.7 Å². The van der Waals surface area contributed by atoms with E-state index in [2.05, 4.69) is 11.9 Å². The monoisotopic (exact) mass is 401 g/mol. The number of thiophene rings is 1. The summed E-state index contributed by atoms with van der Waals surface area (Å²) in [7, 11) is 0. The molecule has 8 nitrogen and oxygen atoms in total. The molecular weight excluding hydrogens is 382 g/mol. The van der Waals surface area contributed by atoms with E-state index < -0.39 is 10.9 Å². The summed E-state index contributed by atoms with van der Waals surface area (Å²) in [5.41, 5.74) is 0.682. The molecule has 3 aromatic rings. The molecule has 0 aliphatic rings. The van der Waals surface area contributed by atoms with E-state index in [1.165, 1.54) is 34.4 Å².